The highest BCUT2D eigenvalue weighted by Crippen LogP contribution is 2.61. The van der Waals surface area contributed by atoms with Crippen LogP contribution in [-0.4, -0.2) is 40.1 Å². The topological polar surface area (TPSA) is 74.8 Å². The SMILES string of the molecule is O=C(CN(C(=O)c1ccc(Cl)c(Cl)c1)N1C(=O)[C@@H]2C3c4ccccc4C(c4ccccc43)[C@H]2C1=O)c1cccs1. The van der Waals surface area contributed by atoms with E-state index in [-0.39, 0.29) is 33.2 Å². The maximum atomic E-state index is 14.3. The van der Waals surface area contributed by atoms with Gasteiger partial charge in [0, 0.05) is 17.4 Å². The van der Waals surface area contributed by atoms with Crippen molar-refractivity contribution in [2.45, 2.75) is 11.8 Å². The van der Waals surface area contributed by atoms with Crippen molar-refractivity contribution in [3.05, 3.63) is 127 Å². The van der Waals surface area contributed by atoms with E-state index in [4.69, 9.17) is 23.2 Å². The first-order chi connectivity index (χ1) is 19.4. The summed E-state index contributed by atoms with van der Waals surface area (Å²) in [6.45, 7) is -0.480. The lowest BCUT2D eigenvalue weighted by Crippen LogP contribution is -2.52. The van der Waals surface area contributed by atoms with Gasteiger partial charge >= 0.3 is 0 Å². The number of ketones is 1. The van der Waals surface area contributed by atoms with Gasteiger partial charge in [-0.3, -0.25) is 19.2 Å². The summed E-state index contributed by atoms with van der Waals surface area (Å²) in [6.07, 6.45) is 0. The van der Waals surface area contributed by atoms with Crippen molar-refractivity contribution in [3.63, 3.8) is 0 Å². The van der Waals surface area contributed by atoms with Crippen molar-refractivity contribution < 1.29 is 19.2 Å². The Kier molecular flexibility index (Phi) is 5.93. The van der Waals surface area contributed by atoms with Gasteiger partial charge in [-0.05, 0) is 51.9 Å². The van der Waals surface area contributed by atoms with E-state index in [1.54, 1.807) is 17.5 Å². The summed E-state index contributed by atoms with van der Waals surface area (Å²) in [4.78, 5) is 56.2. The highest BCUT2D eigenvalue weighted by atomic mass is 35.5. The molecule has 0 N–H and O–H groups in total. The Labute approximate surface area is 243 Å². The van der Waals surface area contributed by atoms with E-state index in [0.29, 0.717) is 4.88 Å². The molecular formula is C31H20Cl2N2O4S. The average molecular weight is 587 g/mol. The van der Waals surface area contributed by atoms with Gasteiger partial charge in [-0.15, -0.1) is 11.3 Å². The fourth-order valence-electron chi connectivity index (χ4n) is 6.56. The molecule has 6 nitrogen and oxygen atoms in total. The van der Waals surface area contributed by atoms with Crippen molar-refractivity contribution >= 4 is 58.0 Å². The second kappa shape index (κ2) is 9.41. The number of carbonyl (C=O) groups excluding carboxylic acids is 4. The molecule has 8 rings (SSSR count). The average Bonchev–Trinajstić information content (AvgIpc) is 3.60. The summed E-state index contributed by atoms with van der Waals surface area (Å²) >= 11 is 13.5. The zero-order chi connectivity index (χ0) is 27.7. The zero-order valence-electron chi connectivity index (χ0n) is 20.8. The first-order valence-electron chi connectivity index (χ1n) is 12.8. The van der Waals surface area contributed by atoms with E-state index in [1.807, 2.05) is 48.5 Å². The monoisotopic (exact) mass is 586 g/mol. The van der Waals surface area contributed by atoms with Gasteiger partial charge in [0.05, 0.1) is 26.8 Å². The number of halogens is 2. The predicted octanol–water partition coefficient (Wildman–Crippen LogP) is 6.19. The van der Waals surface area contributed by atoms with Crippen LogP contribution in [0.5, 0.6) is 0 Å². The number of hydrogen-bond acceptors (Lipinski definition) is 5. The van der Waals surface area contributed by atoms with Crippen LogP contribution >= 0.6 is 34.5 Å². The van der Waals surface area contributed by atoms with Gasteiger partial charge in [-0.1, -0.05) is 77.8 Å². The molecule has 4 aromatic rings. The largest absolute Gasteiger partial charge is 0.291 e. The molecule has 0 saturated carbocycles. The standard InChI is InChI=1S/C31H20Cl2N2O4S/c32-21-12-11-16(14-22(21)33)29(37)34(15-23(36)24-10-5-13-40-24)35-30(38)27-25-17-6-1-2-7-18(17)26(28(27)31(35)39)20-9-4-3-8-19(20)25/h1-14,25-28H,15H2/t25?,26?,27-,28-/m1/s1. The summed E-state index contributed by atoms with van der Waals surface area (Å²) < 4.78 is 0. The fraction of sp³-hybridized carbons (Fsp3) is 0.161. The Morgan fingerprint density at radius 1 is 0.750 bits per heavy atom. The Morgan fingerprint density at radius 3 is 1.77 bits per heavy atom. The van der Waals surface area contributed by atoms with Gasteiger partial charge in [0.1, 0.15) is 6.54 Å². The quantitative estimate of drug-likeness (QED) is 0.206. The number of rotatable bonds is 5. The van der Waals surface area contributed by atoms with Crippen LogP contribution in [0, 0.1) is 11.8 Å². The van der Waals surface area contributed by atoms with Crippen LogP contribution in [0.3, 0.4) is 0 Å². The van der Waals surface area contributed by atoms with Gasteiger partial charge in [-0.25, -0.2) is 5.01 Å². The molecular weight excluding hydrogens is 567 g/mol. The second-order valence-corrected chi connectivity index (χ2v) is 11.9. The van der Waals surface area contributed by atoms with Crippen LogP contribution in [0.15, 0.2) is 84.2 Å². The van der Waals surface area contributed by atoms with Crippen LogP contribution in [0.2, 0.25) is 10.0 Å². The fourth-order valence-corrected chi connectivity index (χ4v) is 7.52. The molecule has 9 heteroatoms. The van der Waals surface area contributed by atoms with Crippen LogP contribution in [-0.2, 0) is 9.59 Å². The minimum Gasteiger partial charge on any atom is -0.291 e. The van der Waals surface area contributed by atoms with Crippen molar-refractivity contribution in [2.75, 3.05) is 6.54 Å². The number of imide groups is 1. The van der Waals surface area contributed by atoms with Gasteiger partial charge in [0.15, 0.2) is 5.78 Å². The van der Waals surface area contributed by atoms with Crippen molar-refractivity contribution in [1.82, 2.24) is 10.0 Å². The number of hydrogen-bond donors (Lipinski definition) is 0. The molecule has 1 fully saturated rings. The maximum Gasteiger partial charge on any atom is 0.273 e. The third-order valence-electron chi connectivity index (χ3n) is 8.16. The lowest BCUT2D eigenvalue weighted by molar-refractivity contribution is -0.154. The lowest BCUT2D eigenvalue weighted by atomic mass is 9.55. The molecule has 2 bridgehead atoms. The van der Waals surface area contributed by atoms with Gasteiger partial charge < -0.3 is 0 Å². The molecule has 1 aliphatic heterocycles. The molecule has 1 saturated heterocycles. The van der Waals surface area contributed by atoms with E-state index in [9.17, 15) is 19.2 Å². The molecule has 4 aliphatic rings. The minimum atomic E-state index is -0.691. The summed E-state index contributed by atoms with van der Waals surface area (Å²) in [6, 6.07) is 23.5. The van der Waals surface area contributed by atoms with E-state index in [1.165, 1.54) is 29.5 Å². The molecule has 1 aromatic heterocycles. The highest BCUT2D eigenvalue weighted by molar-refractivity contribution is 7.12. The van der Waals surface area contributed by atoms with Crippen molar-refractivity contribution in [3.8, 4) is 0 Å². The molecule has 3 amide bonds. The van der Waals surface area contributed by atoms with Gasteiger partial charge in [0.2, 0.25) is 0 Å². The number of benzene rings is 3. The van der Waals surface area contributed by atoms with Gasteiger partial charge in [-0.2, -0.15) is 5.01 Å². The van der Waals surface area contributed by atoms with Crippen LogP contribution in [0.1, 0.15) is 54.1 Å². The van der Waals surface area contributed by atoms with E-state index in [2.05, 4.69) is 0 Å². The molecule has 2 atom stereocenters. The number of carbonyl (C=O) groups is 4. The van der Waals surface area contributed by atoms with E-state index < -0.39 is 36.1 Å². The predicted molar refractivity (Wildman–Crippen MR) is 152 cm³/mol. The lowest BCUT2D eigenvalue weighted by Gasteiger charge is -2.45. The third kappa shape index (κ3) is 3.61. The summed E-state index contributed by atoms with van der Waals surface area (Å²) in [5, 5.41) is 4.06. The maximum absolute atomic E-state index is 14.3. The number of amides is 3. The highest BCUT2D eigenvalue weighted by Gasteiger charge is 2.63. The second-order valence-electron chi connectivity index (χ2n) is 10.1. The van der Waals surface area contributed by atoms with E-state index in [0.717, 1.165) is 32.3 Å². The molecule has 40 heavy (non-hydrogen) atoms. The third-order valence-corrected chi connectivity index (χ3v) is 9.81. The Hall–Kier alpha value is -3.78. The molecule has 2 heterocycles. The number of Topliss-reactive ketones (excluding diaryl/α,β-unsaturated/α-hetero) is 1. The zero-order valence-corrected chi connectivity index (χ0v) is 23.1. The Bertz CT molecular complexity index is 1620. The molecule has 0 radical (unpaired) electrons. The Balaban J connectivity index is 1.34. The van der Waals surface area contributed by atoms with Crippen molar-refractivity contribution in [1.29, 1.82) is 0 Å². The number of thiophene rings is 1. The molecule has 0 spiro atoms. The minimum absolute atomic E-state index is 0.110. The van der Waals surface area contributed by atoms with Gasteiger partial charge in [0.25, 0.3) is 17.7 Å². The molecule has 3 aromatic carbocycles. The first kappa shape index (κ1) is 25.2. The summed E-state index contributed by atoms with van der Waals surface area (Å²) in [7, 11) is 0. The number of nitrogens with zero attached hydrogens (tertiary/aromatic N) is 2. The van der Waals surface area contributed by atoms with Crippen molar-refractivity contribution in [2.24, 2.45) is 11.8 Å². The Morgan fingerprint density at radius 2 is 1.30 bits per heavy atom. The number of hydrazine groups is 1. The summed E-state index contributed by atoms with van der Waals surface area (Å²) in [5.74, 6) is -4.09. The summed E-state index contributed by atoms with van der Waals surface area (Å²) in [5.41, 5.74) is 4.19. The van der Waals surface area contributed by atoms with Crippen LogP contribution in [0.25, 0.3) is 0 Å². The molecule has 0 unspecified atom stereocenters. The molecule has 3 aliphatic carbocycles. The normalized spacial score (nSPS) is 22.1. The van der Waals surface area contributed by atoms with Crippen LogP contribution < -0.4 is 0 Å². The molecule has 198 valence electrons. The van der Waals surface area contributed by atoms with E-state index >= 15 is 0 Å². The first-order valence-corrected chi connectivity index (χ1v) is 14.4. The smallest absolute Gasteiger partial charge is 0.273 e. The van der Waals surface area contributed by atoms with Crippen LogP contribution in [0.4, 0.5) is 0 Å².